The Balaban J connectivity index is 2.47. The van der Waals surface area contributed by atoms with E-state index in [1.807, 2.05) is 0 Å². The molecule has 116 valence electrons. The van der Waals surface area contributed by atoms with E-state index in [1.165, 1.54) is 0 Å². The molecule has 1 heterocycles. The smallest absolute Gasteiger partial charge is 0.309 e. The number of rotatable bonds is 6. The molecule has 0 atom stereocenters. The van der Waals surface area contributed by atoms with Crippen molar-refractivity contribution in [2.75, 3.05) is 6.61 Å². The highest BCUT2D eigenvalue weighted by atomic mass is 35.5. The molecule has 0 aliphatic rings. The van der Waals surface area contributed by atoms with Crippen molar-refractivity contribution in [3.63, 3.8) is 0 Å². The summed E-state index contributed by atoms with van der Waals surface area (Å²) in [6.45, 7) is 2.19. The maximum absolute atomic E-state index is 12.7. The molecule has 0 saturated heterocycles. The third-order valence-corrected chi connectivity index (χ3v) is 3.50. The highest BCUT2D eigenvalue weighted by Crippen LogP contribution is 2.27. The minimum atomic E-state index is -0.964. The number of carboxylic acid groups (broad SMARTS) is 1. The van der Waals surface area contributed by atoms with Gasteiger partial charge in [-0.2, -0.15) is 0 Å². The van der Waals surface area contributed by atoms with Crippen molar-refractivity contribution in [3.8, 4) is 5.75 Å². The van der Waals surface area contributed by atoms with Gasteiger partial charge in [0.2, 0.25) is 5.78 Å². The number of benzene rings is 1. The molecular formula is C16H16ClNO4. The number of carboxylic acids is 1. The van der Waals surface area contributed by atoms with E-state index in [0.29, 0.717) is 34.3 Å². The van der Waals surface area contributed by atoms with Gasteiger partial charge in [0.25, 0.3) is 0 Å². The van der Waals surface area contributed by atoms with Gasteiger partial charge in [0.1, 0.15) is 11.4 Å². The van der Waals surface area contributed by atoms with Crippen LogP contribution in [-0.4, -0.2) is 28.0 Å². The Kier molecular flexibility index (Phi) is 4.88. The fraction of sp³-hybridized carbons (Fsp3) is 0.250. The Morgan fingerprint density at radius 3 is 2.45 bits per heavy atom. The van der Waals surface area contributed by atoms with E-state index in [1.54, 1.807) is 48.9 Å². The van der Waals surface area contributed by atoms with Gasteiger partial charge in [0.15, 0.2) is 0 Å². The summed E-state index contributed by atoms with van der Waals surface area (Å²) in [5, 5.41) is 9.50. The van der Waals surface area contributed by atoms with Crippen LogP contribution in [0, 0.1) is 0 Å². The third-order valence-electron chi connectivity index (χ3n) is 3.25. The van der Waals surface area contributed by atoms with E-state index in [9.17, 15) is 9.59 Å². The third kappa shape index (κ3) is 3.31. The summed E-state index contributed by atoms with van der Waals surface area (Å²) in [4.78, 5) is 23.6. The molecule has 2 rings (SSSR count). The molecule has 0 bridgehead atoms. The van der Waals surface area contributed by atoms with E-state index in [4.69, 9.17) is 21.4 Å². The normalized spacial score (nSPS) is 10.5. The standard InChI is InChI=1S/C16H16ClNO4/c1-3-22-13-8-12(9-14(19)20)18(2)15(13)16(21)10-4-6-11(17)7-5-10/h4-8H,3,9H2,1-2H3,(H,19,20). The first-order valence-corrected chi connectivity index (χ1v) is 7.15. The van der Waals surface area contributed by atoms with Gasteiger partial charge in [-0.15, -0.1) is 0 Å². The molecule has 22 heavy (non-hydrogen) atoms. The number of hydrogen-bond acceptors (Lipinski definition) is 3. The highest BCUT2D eigenvalue weighted by molar-refractivity contribution is 6.30. The number of carbonyl (C=O) groups is 2. The Hall–Kier alpha value is -2.27. The first-order valence-electron chi connectivity index (χ1n) is 6.77. The second-order valence-corrected chi connectivity index (χ2v) is 5.18. The van der Waals surface area contributed by atoms with Crippen LogP contribution in [-0.2, 0) is 18.3 Å². The van der Waals surface area contributed by atoms with Crippen molar-refractivity contribution in [3.05, 3.63) is 52.3 Å². The number of aliphatic carboxylic acids is 1. The van der Waals surface area contributed by atoms with E-state index in [-0.39, 0.29) is 12.2 Å². The predicted molar refractivity (Wildman–Crippen MR) is 82.8 cm³/mol. The largest absolute Gasteiger partial charge is 0.491 e. The van der Waals surface area contributed by atoms with Gasteiger partial charge < -0.3 is 14.4 Å². The zero-order valence-electron chi connectivity index (χ0n) is 12.3. The van der Waals surface area contributed by atoms with Crippen LogP contribution in [0.1, 0.15) is 28.7 Å². The zero-order chi connectivity index (χ0) is 16.3. The molecule has 0 radical (unpaired) electrons. The minimum absolute atomic E-state index is 0.176. The Labute approximate surface area is 133 Å². The maximum atomic E-state index is 12.7. The highest BCUT2D eigenvalue weighted by Gasteiger charge is 2.22. The number of halogens is 1. The van der Waals surface area contributed by atoms with Crippen LogP contribution in [0.4, 0.5) is 0 Å². The number of ether oxygens (including phenoxy) is 1. The van der Waals surface area contributed by atoms with Gasteiger partial charge in [0, 0.05) is 29.4 Å². The van der Waals surface area contributed by atoms with Crippen LogP contribution in [0.3, 0.4) is 0 Å². The molecule has 0 fully saturated rings. The van der Waals surface area contributed by atoms with Crippen molar-refractivity contribution in [2.45, 2.75) is 13.3 Å². The number of aromatic nitrogens is 1. The average molecular weight is 322 g/mol. The Morgan fingerprint density at radius 1 is 1.27 bits per heavy atom. The quantitative estimate of drug-likeness (QED) is 0.831. The molecule has 1 aromatic heterocycles. The molecule has 0 saturated carbocycles. The van der Waals surface area contributed by atoms with E-state index in [2.05, 4.69) is 0 Å². The first kappa shape index (κ1) is 16.1. The Morgan fingerprint density at radius 2 is 1.91 bits per heavy atom. The second kappa shape index (κ2) is 6.66. The van der Waals surface area contributed by atoms with Crippen molar-refractivity contribution in [1.82, 2.24) is 4.57 Å². The van der Waals surface area contributed by atoms with Gasteiger partial charge in [-0.05, 0) is 31.2 Å². The molecule has 0 aliphatic carbocycles. The molecule has 6 heteroatoms. The molecule has 5 nitrogen and oxygen atoms in total. The predicted octanol–water partition coefficient (Wildman–Crippen LogP) is 2.94. The molecule has 1 N–H and O–H groups in total. The van der Waals surface area contributed by atoms with Crippen LogP contribution in [0.15, 0.2) is 30.3 Å². The van der Waals surface area contributed by atoms with Crippen LogP contribution in [0.2, 0.25) is 5.02 Å². The Bertz CT molecular complexity index is 704. The molecule has 0 amide bonds. The lowest BCUT2D eigenvalue weighted by Gasteiger charge is -2.08. The van der Waals surface area contributed by atoms with Crippen LogP contribution >= 0.6 is 11.6 Å². The van der Waals surface area contributed by atoms with Gasteiger partial charge >= 0.3 is 5.97 Å². The fourth-order valence-electron chi connectivity index (χ4n) is 2.22. The lowest BCUT2D eigenvalue weighted by molar-refractivity contribution is -0.136. The molecule has 0 aliphatic heterocycles. The van der Waals surface area contributed by atoms with Crippen LogP contribution in [0.25, 0.3) is 0 Å². The van der Waals surface area contributed by atoms with Crippen molar-refractivity contribution >= 4 is 23.4 Å². The SMILES string of the molecule is CCOc1cc(CC(=O)O)n(C)c1C(=O)c1ccc(Cl)cc1. The summed E-state index contributed by atoms with van der Waals surface area (Å²) < 4.78 is 7.05. The molecule has 0 spiro atoms. The van der Waals surface area contributed by atoms with E-state index in [0.717, 1.165) is 0 Å². The summed E-state index contributed by atoms with van der Waals surface area (Å²) in [5.74, 6) is -0.811. The minimum Gasteiger partial charge on any atom is -0.491 e. The second-order valence-electron chi connectivity index (χ2n) is 4.75. The van der Waals surface area contributed by atoms with Crippen LogP contribution in [0.5, 0.6) is 5.75 Å². The number of carbonyl (C=O) groups excluding carboxylic acids is 1. The maximum Gasteiger partial charge on any atom is 0.309 e. The average Bonchev–Trinajstić information content (AvgIpc) is 2.75. The number of nitrogens with zero attached hydrogens (tertiary/aromatic N) is 1. The summed E-state index contributed by atoms with van der Waals surface area (Å²) >= 11 is 5.83. The summed E-state index contributed by atoms with van der Waals surface area (Å²) in [6.07, 6.45) is -0.176. The number of hydrogen-bond donors (Lipinski definition) is 1. The summed E-state index contributed by atoms with van der Waals surface area (Å²) in [6, 6.07) is 8.13. The van der Waals surface area contributed by atoms with E-state index < -0.39 is 5.97 Å². The number of ketones is 1. The van der Waals surface area contributed by atoms with Crippen molar-refractivity contribution in [2.24, 2.45) is 7.05 Å². The fourth-order valence-corrected chi connectivity index (χ4v) is 2.34. The summed E-state index contributed by atoms with van der Waals surface area (Å²) in [7, 11) is 1.66. The summed E-state index contributed by atoms with van der Waals surface area (Å²) in [5.41, 5.74) is 1.31. The molecule has 2 aromatic rings. The van der Waals surface area contributed by atoms with E-state index >= 15 is 0 Å². The zero-order valence-corrected chi connectivity index (χ0v) is 13.1. The molecular weight excluding hydrogens is 306 g/mol. The topological polar surface area (TPSA) is 68.5 Å². The first-order chi connectivity index (χ1) is 10.4. The van der Waals surface area contributed by atoms with Gasteiger partial charge in [-0.3, -0.25) is 9.59 Å². The monoisotopic (exact) mass is 321 g/mol. The van der Waals surface area contributed by atoms with Crippen LogP contribution < -0.4 is 4.74 Å². The molecule has 1 aromatic carbocycles. The lowest BCUT2D eigenvalue weighted by atomic mass is 10.1. The molecule has 0 unspecified atom stereocenters. The van der Waals surface area contributed by atoms with Crippen molar-refractivity contribution < 1.29 is 19.4 Å². The van der Waals surface area contributed by atoms with Gasteiger partial charge in [-0.1, -0.05) is 11.6 Å². The van der Waals surface area contributed by atoms with Crippen molar-refractivity contribution in [1.29, 1.82) is 0 Å². The van der Waals surface area contributed by atoms with Gasteiger partial charge in [0.05, 0.1) is 13.0 Å². The van der Waals surface area contributed by atoms with Gasteiger partial charge in [-0.25, -0.2) is 0 Å². The lowest BCUT2D eigenvalue weighted by Crippen LogP contribution is -2.12.